The van der Waals surface area contributed by atoms with Crippen molar-refractivity contribution in [3.63, 3.8) is 0 Å². The van der Waals surface area contributed by atoms with Crippen molar-refractivity contribution in [1.82, 2.24) is 0 Å². The molecule has 2 atom stereocenters. The van der Waals surface area contributed by atoms with E-state index >= 15 is 0 Å². The van der Waals surface area contributed by atoms with E-state index in [0.29, 0.717) is 19.3 Å². The van der Waals surface area contributed by atoms with E-state index in [1.165, 1.54) is 109 Å². The van der Waals surface area contributed by atoms with Crippen molar-refractivity contribution in [2.45, 2.75) is 193 Å². The van der Waals surface area contributed by atoms with Crippen LogP contribution in [0.2, 0.25) is 0 Å². The summed E-state index contributed by atoms with van der Waals surface area (Å²) in [5.41, 5.74) is 0. The number of esters is 1. The Morgan fingerprint density at radius 2 is 0.889 bits per heavy atom. The Labute approximate surface area is 277 Å². The second kappa shape index (κ2) is 34.7. The first-order chi connectivity index (χ1) is 22.0. The van der Waals surface area contributed by atoms with Crippen LogP contribution >= 0.6 is 0 Å². The molecule has 5 nitrogen and oxygen atoms in total. The minimum absolute atomic E-state index is 0.221. The lowest BCUT2D eigenvalue weighted by Crippen LogP contribution is -2.32. The van der Waals surface area contributed by atoms with Gasteiger partial charge in [0.15, 0.2) is 12.2 Å². The largest absolute Gasteiger partial charge is 0.479 e. The molecule has 0 radical (unpaired) electrons. The predicted octanol–water partition coefficient (Wildman–Crippen LogP) is 11.8. The monoisotopic (exact) mass is 631 g/mol. The first-order valence-electron chi connectivity index (χ1n) is 18.7. The molecule has 2 unspecified atom stereocenters. The lowest BCUT2D eigenvalue weighted by molar-refractivity contribution is -0.170. The molecule has 0 aromatic rings. The van der Waals surface area contributed by atoms with Gasteiger partial charge in [-0.25, -0.2) is 9.59 Å². The smallest absolute Gasteiger partial charge is 0.345 e. The van der Waals surface area contributed by atoms with Crippen molar-refractivity contribution in [2.24, 2.45) is 0 Å². The van der Waals surface area contributed by atoms with E-state index in [-0.39, 0.29) is 6.42 Å². The van der Waals surface area contributed by atoms with Crippen molar-refractivity contribution >= 4 is 11.9 Å². The lowest BCUT2D eigenvalue weighted by atomic mass is 10.0. The van der Waals surface area contributed by atoms with Crippen molar-refractivity contribution in [1.29, 1.82) is 0 Å². The summed E-state index contributed by atoms with van der Waals surface area (Å²) in [7, 11) is 0. The van der Waals surface area contributed by atoms with E-state index in [1.807, 2.05) is 12.2 Å². The fourth-order valence-electron chi connectivity index (χ4n) is 5.26. The van der Waals surface area contributed by atoms with Gasteiger partial charge in [0.1, 0.15) is 0 Å². The van der Waals surface area contributed by atoms with Crippen LogP contribution in [0.5, 0.6) is 0 Å². The third-order valence-electron chi connectivity index (χ3n) is 8.19. The maximum absolute atomic E-state index is 12.2. The topological polar surface area (TPSA) is 83.8 Å². The van der Waals surface area contributed by atoms with Gasteiger partial charge in [-0.2, -0.15) is 0 Å². The van der Waals surface area contributed by atoms with Crippen LogP contribution in [0.15, 0.2) is 48.6 Å². The van der Waals surface area contributed by atoms with E-state index in [0.717, 1.165) is 32.1 Å². The SMILES string of the molecule is CCCCCC=CCC=CCC=CCC=CCCC(O)C(=O)OC(CCCCCCCCCCCCCCCCCC)C(=O)O. The summed E-state index contributed by atoms with van der Waals surface area (Å²) in [6.07, 6.45) is 43.4. The van der Waals surface area contributed by atoms with Crippen LogP contribution in [0.1, 0.15) is 181 Å². The summed E-state index contributed by atoms with van der Waals surface area (Å²) < 4.78 is 5.14. The van der Waals surface area contributed by atoms with Crippen molar-refractivity contribution < 1.29 is 24.5 Å². The summed E-state index contributed by atoms with van der Waals surface area (Å²) >= 11 is 0. The van der Waals surface area contributed by atoms with E-state index < -0.39 is 24.1 Å². The second-order valence-electron chi connectivity index (χ2n) is 12.5. The molecule has 0 aromatic heterocycles. The Hall–Kier alpha value is -2.14. The van der Waals surface area contributed by atoms with Crippen molar-refractivity contribution in [3.05, 3.63) is 48.6 Å². The van der Waals surface area contributed by atoms with Crippen LogP contribution in [0.4, 0.5) is 0 Å². The number of carboxylic acid groups (broad SMARTS) is 1. The first kappa shape index (κ1) is 42.9. The molecule has 0 saturated carbocycles. The number of ether oxygens (including phenoxy) is 1. The third kappa shape index (κ3) is 31.6. The van der Waals surface area contributed by atoms with Gasteiger partial charge in [0.25, 0.3) is 0 Å². The molecule has 0 saturated heterocycles. The highest BCUT2D eigenvalue weighted by Crippen LogP contribution is 2.15. The van der Waals surface area contributed by atoms with E-state index in [1.54, 1.807) is 0 Å². The van der Waals surface area contributed by atoms with Gasteiger partial charge in [0.2, 0.25) is 0 Å². The molecule has 0 spiro atoms. The van der Waals surface area contributed by atoms with Gasteiger partial charge in [0, 0.05) is 0 Å². The third-order valence-corrected chi connectivity index (χ3v) is 8.19. The number of allylic oxidation sites excluding steroid dienone is 8. The molecule has 0 aliphatic carbocycles. The van der Waals surface area contributed by atoms with Crippen molar-refractivity contribution in [3.8, 4) is 0 Å². The van der Waals surface area contributed by atoms with E-state index in [2.05, 4.69) is 50.3 Å². The van der Waals surface area contributed by atoms with Gasteiger partial charge in [-0.3, -0.25) is 0 Å². The Morgan fingerprint density at radius 1 is 0.511 bits per heavy atom. The van der Waals surface area contributed by atoms with Gasteiger partial charge in [-0.05, 0) is 57.8 Å². The number of carbonyl (C=O) groups is 2. The zero-order chi connectivity index (χ0) is 33.1. The van der Waals surface area contributed by atoms with E-state index in [4.69, 9.17) is 4.74 Å². The fourth-order valence-corrected chi connectivity index (χ4v) is 5.26. The molecule has 0 rings (SSSR count). The summed E-state index contributed by atoms with van der Waals surface area (Å²) in [5, 5.41) is 19.6. The van der Waals surface area contributed by atoms with Gasteiger partial charge in [-0.15, -0.1) is 0 Å². The molecule has 0 fully saturated rings. The number of hydrogen-bond donors (Lipinski definition) is 2. The highest BCUT2D eigenvalue weighted by Gasteiger charge is 2.25. The Kier molecular flexibility index (Phi) is 33.1. The van der Waals surface area contributed by atoms with Gasteiger partial charge < -0.3 is 14.9 Å². The number of hydrogen-bond acceptors (Lipinski definition) is 4. The quantitative estimate of drug-likeness (QED) is 0.0428. The number of aliphatic hydroxyl groups is 1. The molecule has 0 aliphatic rings. The van der Waals surface area contributed by atoms with Crippen molar-refractivity contribution in [2.75, 3.05) is 0 Å². The molecule has 0 bridgehead atoms. The summed E-state index contributed by atoms with van der Waals surface area (Å²) in [6, 6.07) is 0. The molecular weight excluding hydrogens is 560 g/mol. The summed E-state index contributed by atoms with van der Waals surface area (Å²) in [4.78, 5) is 23.8. The Balaban J connectivity index is 3.81. The molecule has 0 amide bonds. The number of aliphatic hydroxyl groups excluding tert-OH is 1. The minimum Gasteiger partial charge on any atom is -0.479 e. The number of carboxylic acids is 1. The normalized spacial score (nSPS) is 13.5. The maximum Gasteiger partial charge on any atom is 0.345 e. The van der Waals surface area contributed by atoms with Gasteiger partial charge >= 0.3 is 11.9 Å². The molecule has 45 heavy (non-hydrogen) atoms. The number of aliphatic carboxylic acids is 1. The standard InChI is InChI=1S/C40H70O5/c1-3-5-7-9-11-13-15-17-19-21-23-25-27-29-31-33-35-37(41)40(44)45-38(39(42)43)36-34-32-30-28-26-24-22-20-18-16-14-12-10-8-6-4-2/h11,13,17,19,23,25,29,31,37-38,41H,3-10,12,14-16,18,20-22,24,26-28,30,32-36H2,1-2H3,(H,42,43). The maximum atomic E-state index is 12.2. The van der Waals surface area contributed by atoms with Crippen LogP contribution in [0, 0.1) is 0 Å². The molecule has 0 aromatic carbocycles. The molecule has 0 heterocycles. The zero-order valence-electron chi connectivity index (χ0n) is 29.3. The second-order valence-corrected chi connectivity index (χ2v) is 12.5. The van der Waals surface area contributed by atoms with Crippen LogP contribution in [-0.2, 0) is 14.3 Å². The average molecular weight is 631 g/mol. The highest BCUT2D eigenvalue weighted by atomic mass is 16.6. The molecule has 5 heteroatoms. The number of unbranched alkanes of at least 4 members (excludes halogenated alkanes) is 18. The van der Waals surface area contributed by atoms with Crippen LogP contribution in [-0.4, -0.2) is 34.4 Å². The Bertz CT molecular complexity index is 782. The summed E-state index contributed by atoms with van der Waals surface area (Å²) in [5.74, 6) is -1.98. The van der Waals surface area contributed by atoms with Crippen LogP contribution in [0.3, 0.4) is 0 Å². The highest BCUT2D eigenvalue weighted by molar-refractivity contribution is 5.80. The molecule has 260 valence electrons. The first-order valence-corrected chi connectivity index (χ1v) is 18.7. The number of rotatable bonds is 33. The fraction of sp³-hybridized carbons (Fsp3) is 0.750. The van der Waals surface area contributed by atoms with E-state index in [9.17, 15) is 19.8 Å². The minimum atomic E-state index is -1.30. The molecular formula is C40H70O5. The van der Waals surface area contributed by atoms with Crippen LogP contribution < -0.4 is 0 Å². The number of carbonyl (C=O) groups excluding carboxylic acids is 1. The molecule has 0 aliphatic heterocycles. The predicted molar refractivity (Wildman–Crippen MR) is 191 cm³/mol. The zero-order valence-corrected chi connectivity index (χ0v) is 29.3. The lowest BCUT2D eigenvalue weighted by Gasteiger charge is -2.16. The molecule has 2 N–H and O–H groups in total. The average Bonchev–Trinajstić information content (AvgIpc) is 3.03. The van der Waals surface area contributed by atoms with Gasteiger partial charge in [0.05, 0.1) is 0 Å². The van der Waals surface area contributed by atoms with Crippen LogP contribution in [0.25, 0.3) is 0 Å². The van der Waals surface area contributed by atoms with Gasteiger partial charge in [-0.1, -0.05) is 172 Å². The Morgan fingerprint density at radius 3 is 1.33 bits per heavy atom. The summed E-state index contributed by atoms with van der Waals surface area (Å²) in [6.45, 7) is 4.49.